The standard InChI is InChI=1S/C13H12BrFN2O2S/c1-8-2-4-11(15)12(6-8)17-20(18,19)13-5-3-9(16)7-10(13)14/h2-7,17H,16H2,1H3. The number of benzene rings is 2. The van der Waals surface area contributed by atoms with E-state index in [0.717, 1.165) is 5.56 Å². The van der Waals surface area contributed by atoms with Crippen molar-refractivity contribution in [2.75, 3.05) is 10.5 Å². The highest BCUT2D eigenvalue weighted by molar-refractivity contribution is 9.10. The number of hydrogen-bond acceptors (Lipinski definition) is 3. The van der Waals surface area contributed by atoms with Crippen LogP contribution in [0, 0.1) is 12.7 Å². The summed E-state index contributed by atoms with van der Waals surface area (Å²) in [5.41, 5.74) is 6.65. The van der Waals surface area contributed by atoms with Crippen molar-refractivity contribution in [3.8, 4) is 0 Å². The maximum absolute atomic E-state index is 13.6. The molecule has 0 aliphatic rings. The zero-order chi connectivity index (χ0) is 14.9. The van der Waals surface area contributed by atoms with Gasteiger partial charge in [0.15, 0.2) is 0 Å². The zero-order valence-corrected chi connectivity index (χ0v) is 12.9. The van der Waals surface area contributed by atoms with Crippen molar-refractivity contribution in [1.82, 2.24) is 0 Å². The van der Waals surface area contributed by atoms with E-state index in [1.54, 1.807) is 13.0 Å². The van der Waals surface area contributed by atoms with Crippen LogP contribution >= 0.6 is 15.9 Å². The smallest absolute Gasteiger partial charge is 0.263 e. The Morgan fingerprint density at radius 3 is 2.55 bits per heavy atom. The lowest BCUT2D eigenvalue weighted by Crippen LogP contribution is -2.14. The Labute approximate surface area is 125 Å². The minimum atomic E-state index is -3.89. The number of halogens is 2. The molecule has 0 heterocycles. The molecule has 0 radical (unpaired) electrons. The summed E-state index contributed by atoms with van der Waals surface area (Å²) in [6.07, 6.45) is 0. The zero-order valence-electron chi connectivity index (χ0n) is 10.5. The molecule has 0 fully saturated rings. The first-order valence-electron chi connectivity index (χ1n) is 5.63. The highest BCUT2D eigenvalue weighted by atomic mass is 79.9. The molecule has 0 atom stereocenters. The Morgan fingerprint density at radius 1 is 1.20 bits per heavy atom. The second kappa shape index (κ2) is 5.41. The first-order chi connectivity index (χ1) is 9.29. The van der Waals surface area contributed by atoms with E-state index in [1.165, 1.54) is 30.3 Å². The van der Waals surface area contributed by atoms with Gasteiger partial charge in [-0.2, -0.15) is 0 Å². The average Bonchev–Trinajstić information content (AvgIpc) is 2.33. The maximum Gasteiger partial charge on any atom is 0.263 e. The van der Waals surface area contributed by atoms with Crippen LogP contribution in [0.15, 0.2) is 45.8 Å². The molecule has 0 aromatic heterocycles. The molecule has 0 saturated heterocycles. The van der Waals surface area contributed by atoms with Gasteiger partial charge in [0.05, 0.1) is 5.69 Å². The van der Waals surface area contributed by atoms with Gasteiger partial charge in [-0.15, -0.1) is 0 Å². The summed E-state index contributed by atoms with van der Waals surface area (Å²) in [7, 11) is -3.89. The van der Waals surface area contributed by atoms with Crippen molar-refractivity contribution >= 4 is 37.3 Å². The Kier molecular flexibility index (Phi) is 4.01. The van der Waals surface area contributed by atoms with Gasteiger partial charge in [0.2, 0.25) is 0 Å². The average molecular weight is 359 g/mol. The van der Waals surface area contributed by atoms with E-state index in [9.17, 15) is 12.8 Å². The van der Waals surface area contributed by atoms with Crippen LogP contribution in [0.2, 0.25) is 0 Å². The predicted octanol–water partition coefficient (Wildman–Crippen LogP) is 3.28. The number of nitrogens with one attached hydrogen (secondary N) is 1. The highest BCUT2D eigenvalue weighted by Gasteiger charge is 2.19. The second-order valence-electron chi connectivity index (χ2n) is 4.28. The lowest BCUT2D eigenvalue weighted by atomic mass is 10.2. The number of hydrogen-bond donors (Lipinski definition) is 2. The molecule has 0 aliphatic carbocycles. The Bertz CT molecular complexity index is 763. The largest absolute Gasteiger partial charge is 0.399 e. The molecule has 0 amide bonds. The summed E-state index contributed by atoms with van der Waals surface area (Å²) < 4.78 is 40.7. The fraction of sp³-hybridized carbons (Fsp3) is 0.0769. The maximum atomic E-state index is 13.6. The Balaban J connectivity index is 2.43. The molecule has 2 aromatic carbocycles. The van der Waals surface area contributed by atoms with Gasteiger partial charge in [-0.05, 0) is 58.7 Å². The number of sulfonamides is 1. The summed E-state index contributed by atoms with van der Waals surface area (Å²) in [6.45, 7) is 1.75. The van der Waals surface area contributed by atoms with Crippen LogP contribution in [0.1, 0.15) is 5.56 Å². The first-order valence-corrected chi connectivity index (χ1v) is 7.91. The van der Waals surface area contributed by atoms with E-state index in [4.69, 9.17) is 5.73 Å². The van der Waals surface area contributed by atoms with E-state index in [0.29, 0.717) is 10.2 Å². The predicted molar refractivity (Wildman–Crippen MR) is 80.5 cm³/mol. The van der Waals surface area contributed by atoms with Crippen LogP contribution in [0.5, 0.6) is 0 Å². The van der Waals surface area contributed by atoms with Crippen LogP contribution in [0.4, 0.5) is 15.8 Å². The molecular weight excluding hydrogens is 347 g/mol. The van der Waals surface area contributed by atoms with Gasteiger partial charge in [-0.3, -0.25) is 4.72 Å². The lowest BCUT2D eigenvalue weighted by Gasteiger charge is -2.11. The number of nitrogens with two attached hydrogens (primary N) is 1. The summed E-state index contributed by atoms with van der Waals surface area (Å²) in [5, 5.41) is 0. The molecule has 106 valence electrons. The molecule has 20 heavy (non-hydrogen) atoms. The summed E-state index contributed by atoms with van der Waals surface area (Å²) in [6, 6.07) is 8.50. The summed E-state index contributed by atoms with van der Waals surface area (Å²) in [5.74, 6) is -0.634. The van der Waals surface area contributed by atoms with E-state index in [-0.39, 0.29) is 10.6 Å². The molecule has 0 bridgehead atoms. The van der Waals surface area contributed by atoms with Crippen molar-refractivity contribution in [3.63, 3.8) is 0 Å². The summed E-state index contributed by atoms with van der Waals surface area (Å²) >= 11 is 3.14. The summed E-state index contributed by atoms with van der Waals surface area (Å²) in [4.78, 5) is -0.00685. The minimum absolute atomic E-state index is 0.00685. The van der Waals surface area contributed by atoms with Crippen molar-refractivity contribution < 1.29 is 12.8 Å². The fourth-order valence-electron chi connectivity index (χ4n) is 1.65. The third-order valence-corrected chi connectivity index (χ3v) is 4.95. The van der Waals surface area contributed by atoms with Gasteiger partial charge in [0.25, 0.3) is 10.0 Å². The Hall–Kier alpha value is -1.60. The van der Waals surface area contributed by atoms with Crippen LogP contribution in [-0.4, -0.2) is 8.42 Å². The molecule has 4 nitrogen and oxygen atoms in total. The van der Waals surface area contributed by atoms with Crippen LogP contribution < -0.4 is 10.5 Å². The molecule has 2 aromatic rings. The lowest BCUT2D eigenvalue weighted by molar-refractivity contribution is 0.598. The number of anilines is 2. The molecule has 0 unspecified atom stereocenters. The van der Waals surface area contributed by atoms with Gasteiger partial charge in [0, 0.05) is 10.2 Å². The van der Waals surface area contributed by atoms with Crippen molar-refractivity contribution in [1.29, 1.82) is 0 Å². The molecule has 7 heteroatoms. The van der Waals surface area contributed by atoms with Crippen LogP contribution in [-0.2, 0) is 10.0 Å². The van der Waals surface area contributed by atoms with Gasteiger partial charge < -0.3 is 5.73 Å². The van der Waals surface area contributed by atoms with Gasteiger partial charge in [-0.1, -0.05) is 6.07 Å². The molecule has 0 aliphatic heterocycles. The van der Waals surface area contributed by atoms with Crippen molar-refractivity contribution in [2.24, 2.45) is 0 Å². The third kappa shape index (κ3) is 3.10. The van der Waals surface area contributed by atoms with Crippen molar-refractivity contribution in [3.05, 3.63) is 52.3 Å². The molecule has 3 N–H and O–H groups in total. The number of aryl methyl sites for hydroxylation is 1. The van der Waals surface area contributed by atoms with E-state index < -0.39 is 15.8 Å². The minimum Gasteiger partial charge on any atom is -0.399 e. The molecule has 2 rings (SSSR count). The normalized spacial score (nSPS) is 11.3. The topological polar surface area (TPSA) is 72.2 Å². The molecular formula is C13H12BrFN2O2S. The second-order valence-corrected chi connectivity index (χ2v) is 6.78. The highest BCUT2D eigenvalue weighted by Crippen LogP contribution is 2.27. The van der Waals surface area contributed by atoms with E-state index in [1.807, 2.05) is 0 Å². The molecule has 0 spiro atoms. The van der Waals surface area contributed by atoms with Gasteiger partial charge in [0.1, 0.15) is 10.7 Å². The first kappa shape index (κ1) is 14.8. The van der Waals surface area contributed by atoms with Crippen molar-refractivity contribution in [2.45, 2.75) is 11.8 Å². The SMILES string of the molecule is Cc1ccc(F)c(NS(=O)(=O)c2ccc(N)cc2Br)c1. The van der Waals surface area contributed by atoms with Gasteiger partial charge in [-0.25, -0.2) is 12.8 Å². The molecule has 0 saturated carbocycles. The van der Waals surface area contributed by atoms with E-state index in [2.05, 4.69) is 20.7 Å². The van der Waals surface area contributed by atoms with Gasteiger partial charge >= 0.3 is 0 Å². The third-order valence-electron chi connectivity index (χ3n) is 2.61. The monoisotopic (exact) mass is 358 g/mol. The fourth-order valence-corrected chi connectivity index (χ4v) is 3.81. The Morgan fingerprint density at radius 2 is 1.90 bits per heavy atom. The number of nitrogen functional groups attached to an aromatic ring is 1. The quantitative estimate of drug-likeness (QED) is 0.827. The number of rotatable bonds is 3. The van der Waals surface area contributed by atoms with E-state index >= 15 is 0 Å². The van der Waals surface area contributed by atoms with Crippen LogP contribution in [0.3, 0.4) is 0 Å². The van der Waals surface area contributed by atoms with Crippen LogP contribution in [0.25, 0.3) is 0 Å².